The van der Waals surface area contributed by atoms with Gasteiger partial charge in [-0.05, 0) is 26.2 Å². The van der Waals surface area contributed by atoms with E-state index in [1.54, 1.807) is 0 Å². The number of carbonyl (C=O) groups is 1. The average molecular weight is 130 g/mol. The SMILES string of the molecule is C1CCOCC1.CC=O. The van der Waals surface area contributed by atoms with Crippen LogP contribution in [0, 0.1) is 0 Å². The molecule has 9 heavy (non-hydrogen) atoms. The molecule has 0 bridgehead atoms. The number of carbonyl (C=O) groups excluding carboxylic acids is 1. The summed E-state index contributed by atoms with van der Waals surface area (Å²) in [6.45, 7) is 3.44. The Labute approximate surface area is 56.2 Å². The van der Waals surface area contributed by atoms with Crippen molar-refractivity contribution >= 4 is 6.29 Å². The van der Waals surface area contributed by atoms with Crippen molar-refractivity contribution < 1.29 is 9.53 Å². The molecule has 0 aromatic rings. The van der Waals surface area contributed by atoms with Gasteiger partial charge in [0.2, 0.25) is 0 Å². The van der Waals surface area contributed by atoms with Crippen LogP contribution in [0.5, 0.6) is 0 Å². The predicted molar refractivity (Wildman–Crippen MR) is 36.4 cm³/mol. The van der Waals surface area contributed by atoms with Crippen molar-refractivity contribution in [2.75, 3.05) is 13.2 Å². The second kappa shape index (κ2) is 7.63. The average Bonchev–Trinajstić information content (AvgIpc) is 1.93. The number of rotatable bonds is 0. The first-order chi connectivity index (χ1) is 4.41. The van der Waals surface area contributed by atoms with Gasteiger partial charge in [-0.3, -0.25) is 0 Å². The lowest BCUT2D eigenvalue weighted by Gasteiger charge is -2.08. The summed E-state index contributed by atoms with van der Waals surface area (Å²) >= 11 is 0. The van der Waals surface area contributed by atoms with Gasteiger partial charge in [0, 0.05) is 13.2 Å². The number of hydrogen-bond donors (Lipinski definition) is 0. The van der Waals surface area contributed by atoms with Crippen LogP contribution in [0.25, 0.3) is 0 Å². The van der Waals surface area contributed by atoms with Crippen LogP contribution in [-0.4, -0.2) is 19.5 Å². The third kappa shape index (κ3) is 7.63. The van der Waals surface area contributed by atoms with E-state index in [1.165, 1.54) is 26.2 Å². The fourth-order valence-electron chi connectivity index (χ4n) is 0.687. The molecule has 0 atom stereocenters. The lowest BCUT2D eigenvalue weighted by Crippen LogP contribution is -2.03. The molecule has 2 nitrogen and oxygen atoms in total. The molecule has 0 amide bonds. The minimum Gasteiger partial charge on any atom is -0.381 e. The van der Waals surface area contributed by atoms with Gasteiger partial charge in [-0.15, -0.1) is 0 Å². The van der Waals surface area contributed by atoms with Crippen molar-refractivity contribution in [1.29, 1.82) is 0 Å². The van der Waals surface area contributed by atoms with Gasteiger partial charge in [-0.1, -0.05) is 0 Å². The van der Waals surface area contributed by atoms with E-state index in [0.717, 1.165) is 19.5 Å². The zero-order chi connectivity index (χ0) is 6.95. The molecule has 0 aliphatic carbocycles. The lowest BCUT2D eigenvalue weighted by atomic mass is 10.2. The van der Waals surface area contributed by atoms with Crippen LogP contribution in [0.2, 0.25) is 0 Å². The first kappa shape index (κ1) is 8.63. The van der Waals surface area contributed by atoms with Crippen LogP contribution in [0.4, 0.5) is 0 Å². The van der Waals surface area contributed by atoms with Crippen LogP contribution in [-0.2, 0) is 9.53 Å². The molecule has 0 radical (unpaired) electrons. The van der Waals surface area contributed by atoms with E-state index in [9.17, 15) is 0 Å². The zero-order valence-electron chi connectivity index (χ0n) is 5.93. The number of ether oxygens (including phenoxy) is 1. The molecular weight excluding hydrogens is 116 g/mol. The summed E-state index contributed by atoms with van der Waals surface area (Å²) in [6.07, 6.45) is 4.68. The fraction of sp³-hybridized carbons (Fsp3) is 0.857. The van der Waals surface area contributed by atoms with E-state index in [-0.39, 0.29) is 0 Å². The first-order valence-electron chi connectivity index (χ1n) is 3.39. The Morgan fingerprint density at radius 2 is 1.67 bits per heavy atom. The second-order valence-corrected chi connectivity index (χ2v) is 1.91. The summed E-state index contributed by atoms with van der Waals surface area (Å²) < 4.78 is 5.07. The monoisotopic (exact) mass is 130 g/mol. The summed E-state index contributed by atoms with van der Waals surface area (Å²) in [5.41, 5.74) is 0. The van der Waals surface area contributed by atoms with E-state index in [1.807, 2.05) is 0 Å². The maximum absolute atomic E-state index is 8.81. The van der Waals surface area contributed by atoms with Gasteiger partial charge in [-0.2, -0.15) is 0 Å². The third-order valence-corrected chi connectivity index (χ3v) is 1.08. The topological polar surface area (TPSA) is 26.3 Å². The van der Waals surface area contributed by atoms with Crippen LogP contribution in [0.15, 0.2) is 0 Å². The van der Waals surface area contributed by atoms with Gasteiger partial charge in [-0.25, -0.2) is 0 Å². The highest BCUT2D eigenvalue weighted by Crippen LogP contribution is 2.02. The summed E-state index contributed by atoms with van der Waals surface area (Å²) in [7, 11) is 0. The smallest absolute Gasteiger partial charge is 0.116 e. The fourth-order valence-corrected chi connectivity index (χ4v) is 0.687. The molecule has 2 heteroatoms. The molecule has 0 spiro atoms. The van der Waals surface area contributed by atoms with E-state index < -0.39 is 0 Å². The normalized spacial score (nSPS) is 17.4. The minimum atomic E-state index is 0.750. The summed E-state index contributed by atoms with van der Waals surface area (Å²) in [5, 5.41) is 0. The largest absolute Gasteiger partial charge is 0.381 e. The van der Waals surface area contributed by atoms with Crippen molar-refractivity contribution in [3.63, 3.8) is 0 Å². The van der Waals surface area contributed by atoms with Gasteiger partial charge in [0.1, 0.15) is 6.29 Å². The molecule has 1 fully saturated rings. The van der Waals surface area contributed by atoms with Crippen molar-refractivity contribution in [3.05, 3.63) is 0 Å². The molecule has 1 aliphatic rings. The highest BCUT2D eigenvalue weighted by Gasteiger charge is 1.94. The summed E-state index contributed by atoms with van der Waals surface area (Å²) in [6, 6.07) is 0. The highest BCUT2D eigenvalue weighted by molar-refractivity contribution is 5.44. The molecule has 0 aromatic heterocycles. The van der Waals surface area contributed by atoms with Crippen LogP contribution in [0.1, 0.15) is 26.2 Å². The van der Waals surface area contributed by atoms with E-state index in [2.05, 4.69) is 0 Å². The highest BCUT2D eigenvalue weighted by atomic mass is 16.5. The molecule has 0 unspecified atom stereocenters. The second-order valence-electron chi connectivity index (χ2n) is 1.91. The van der Waals surface area contributed by atoms with Crippen molar-refractivity contribution in [2.24, 2.45) is 0 Å². The molecule has 0 saturated carbocycles. The van der Waals surface area contributed by atoms with Gasteiger partial charge >= 0.3 is 0 Å². The van der Waals surface area contributed by atoms with Crippen LogP contribution >= 0.6 is 0 Å². The Morgan fingerprint density at radius 3 is 1.78 bits per heavy atom. The van der Waals surface area contributed by atoms with Crippen LogP contribution in [0.3, 0.4) is 0 Å². The van der Waals surface area contributed by atoms with Gasteiger partial charge in [0.05, 0.1) is 0 Å². The maximum Gasteiger partial charge on any atom is 0.116 e. The molecule has 0 aromatic carbocycles. The first-order valence-corrected chi connectivity index (χ1v) is 3.39. The van der Waals surface area contributed by atoms with E-state index in [0.29, 0.717) is 0 Å². The molecule has 0 N–H and O–H groups in total. The summed E-state index contributed by atoms with van der Waals surface area (Å²) in [5.74, 6) is 0. The predicted octanol–water partition coefficient (Wildman–Crippen LogP) is 1.39. The van der Waals surface area contributed by atoms with E-state index >= 15 is 0 Å². The lowest BCUT2D eigenvalue weighted by molar-refractivity contribution is -0.106. The van der Waals surface area contributed by atoms with Gasteiger partial charge in [0.15, 0.2) is 0 Å². The van der Waals surface area contributed by atoms with Crippen molar-refractivity contribution in [2.45, 2.75) is 26.2 Å². The quantitative estimate of drug-likeness (QED) is 0.463. The summed E-state index contributed by atoms with van der Waals surface area (Å²) in [4.78, 5) is 8.81. The van der Waals surface area contributed by atoms with Gasteiger partial charge < -0.3 is 9.53 Å². The Bertz CT molecular complexity index is 46.4. The third-order valence-electron chi connectivity index (χ3n) is 1.08. The number of hydrogen-bond acceptors (Lipinski definition) is 2. The van der Waals surface area contributed by atoms with Gasteiger partial charge in [0.25, 0.3) is 0 Å². The molecule has 1 aliphatic heterocycles. The zero-order valence-corrected chi connectivity index (χ0v) is 5.93. The van der Waals surface area contributed by atoms with Crippen LogP contribution < -0.4 is 0 Å². The molecule has 1 rings (SSSR count). The van der Waals surface area contributed by atoms with Crippen molar-refractivity contribution in [3.8, 4) is 0 Å². The number of aldehydes is 1. The Morgan fingerprint density at radius 1 is 1.22 bits per heavy atom. The molecule has 1 heterocycles. The Hall–Kier alpha value is -0.370. The molecular formula is C7H14O2. The van der Waals surface area contributed by atoms with Crippen molar-refractivity contribution in [1.82, 2.24) is 0 Å². The minimum absolute atomic E-state index is 0.750. The standard InChI is InChI=1S/C5H10O.C2H4O/c1-2-4-6-5-3-1;1-2-3/h1-5H2;2H,1H3. The molecule has 1 saturated heterocycles. The molecule has 54 valence electrons. The maximum atomic E-state index is 8.81. The van der Waals surface area contributed by atoms with E-state index in [4.69, 9.17) is 9.53 Å². The Balaban J connectivity index is 0.000000187. The Kier molecular flexibility index (Phi) is 7.32.